The molecule has 2 aromatic carbocycles. The maximum atomic E-state index is 12.7. The van der Waals surface area contributed by atoms with Crippen molar-refractivity contribution in [2.45, 2.75) is 19.8 Å². The molecule has 5 nitrogen and oxygen atoms in total. The standard InChI is InChI=1S/C24H21NO4S2/c1-14-5-4-6-16-17(12-30-23(14)16)24-25-18(13-31-24)20(27)9-8-19(26)15-7-10-21(28-2)22(11-15)29-3/h4-7,10-13H,8-9H2,1-3H3. The molecule has 0 saturated heterocycles. The van der Waals surface area contributed by atoms with Crippen molar-refractivity contribution in [3.05, 3.63) is 64.0 Å². The molecule has 0 aliphatic rings. The van der Waals surface area contributed by atoms with E-state index in [4.69, 9.17) is 9.47 Å². The molecule has 2 heterocycles. The molecular formula is C24H21NO4S2. The van der Waals surface area contributed by atoms with Gasteiger partial charge in [0.25, 0.3) is 0 Å². The van der Waals surface area contributed by atoms with Gasteiger partial charge in [0, 0.05) is 44.8 Å². The van der Waals surface area contributed by atoms with Crippen LogP contribution in [0.2, 0.25) is 0 Å². The predicted octanol–water partition coefficient (Wildman–Crippen LogP) is 6.20. The summed E-state index contributed by atoms with van der Waals surface area (Å²) in [6, 6.07) is 11.2. The number of thiophene rings is 1. The van der Waals surface area contributed by atoms with Crippen LogP contribution in [0, 0.1) is 6.92 Å². The number of aromatic nitrogens is 1. The summed E-state index contributed by atoms with van der Waals surface area (Å²) in [5.74, 6) is 0.791. The van der Waals surface area contributed by atoms with Gasteiger partial charge in [-0.2, -0.15) is 0 Å². The van der Waals surface area contributed by atoms with Crippen molar-refractivity contribution in [2.75, 3.05) is 14.2 Å². The van der Waals surface area contributed by atoms with Crippen LogP contribution in [-0.4, -0.2) is 30.8 Å². The summed E-state index contributed by atoms with van der Waals surface area (Å²) in [6.45, 7) is 2.09. The van der Waals surface area contributed by atoms with E-state index in [0.29, 0.717) is 22.8 Å². The second-order valence-electron chi connectivity index (χ2n) is 7.05. The fraction of sp³-hybridized carbons (Fsp3) is 0.208. The Labute approximate surface area is 188 Å². The quantitative estimate of drug-likeness (QED) is 0.299. The van der Waals surface area contributed by atoms with Gasteiger partial charge in [-0.25, -0.2) is 4.98 Å². The summed E-state index contributed by atoms with van der Waals surface area (Å²) in [5, 5.41) is 5.84. The average Bonchev–Trinajstić information content (AvgIpc) is 3.44. The van der Waals surface area contributed by atoms with Crippen molar-refractivity contribution in [3.63, 3.8) is 0 Å². The van der Waals surface area contributed by atoms with Gasteiger partial charge in [-0.15, -0.1) is 22.7 Å². The van der Waals surface area contributed by atoms with Crippen molar-refractivity contribution < 1.29 is 19.1 Å². The van der Waals surface area contributed by atoms with Crippen LogP contribution in [0.3, 0.4) is 0 Å². The number of hydrogen-bond donors (Lipinski definition) is 0. The Kier molecular flexibility index (Phi) is 6.15. The van der Waals surface area contributed by atoms with Crippen LogP contribution >= 0.6 is 22.7 Å². The van der Waals surface area contributed by atoms with Crippen molar-refractivity contribution in [1.29, 1.82) is 0 Å². The maximum absolute atomic E-state index is 12.7. The number of fused-ring (bicyclic) bond motifs is 1. The minimum Gasteiger partial charge on any atom is -0.493 e. The fourth-order valence-electron chi connectivity index (χ4n) is 3.40. The minimum absolute atomic E-state index is 0.111. The lowest BCUT2D eigenvalue weighted by Gasteiger charge is -2.08. The number of ketones is 2. The van der Waals surface area contributed by atoms with Crippen LogP contribution in [0.4, 0.5) is 0 Å². The number of benzene rings is 2. The molecule has 4 aromatic rings. The molecule has 0 amide bonds. The number of hydrogen-bond acceptors (Lipinski definition) is 7. The predicted molar refractivity (Wildman–Crippen MR) is 125 cm³/mol. The molecule has 0 saturated carbocycles. The van der Waals surface area contributed by atoms with E-state index < -0.39 is 0 Å². The zero-order valence-corrected chi connectivity index (χ0v) is 19.1. The van der Waals surface area contributed by atoms with Gasteiger partial charge in [0.05, 0.1) is 14.2 Å². The van der Waals surface area contributed by atoms with Crippen molar-refractivity contribution in [2.24, 2.45) is 0 Å². The number of methoxy groups -OCH3 is 2. The number of carbonyl (C=O) groups is 2. The normalized spacial score (nSPS) is 10.9. The highest BCUT2D eigenvalue weighted by molar-refractivity contribution is 7.19. The molecule has 0 spiro atoms. The van der Waals surface area contributed by atoms with E-state index in [0.717, 1.165) is 16.0 Å². The molecule has 4 rings (SSSR count). The summed E-state index contributed by atoms with van der Waals surface area (Å²) in [7, 11) is 3.06. The number of thiazole rings is 1. The summed E-state index contributed by atoms with van der Waals surface area (Å²) < 4.78 is 11.7. The summed E-state index contributed by atoms with van der Waals surface area (Å²) >= 11 is 3.14. The zero-order valence-electron chi connectivity index (χ0n) is 17.4. The molecule has 0 unspecified atom stereocenters. The Morgan fingerprint density at radius 2 is 1.71 bits per heavy atom. The molecule has 0 N–H and O–H groups in total. The van der Waals surface area contributed by atoms with Crippen molar-refractivity contribution in [3.8, 4) is 22.1 Å². The molecule has 0 fully saturated rings. The molecule has 7 heteroatoms. The van der Waals surface area contributed by atoms with E-state index in [1.54, 1.807) is 42.0 Å². The largest absolute Gasteiger partial charge is 0.493 e. The van der Waals surface area contributed by atoms with Gasteiger partial charge >= 0.3 is 0 Å². The summed E-state index contributed by atoms with van der Waals surface area (Å²) in [6.07, 6.45) is 0.224. The van der Waals surface area contributed by atoms with E-state index in [-0.39, 0.29) is 24.4 Å². The number of ether oxygens (including phenoxy) is 2. The van der Waals surface area contributed by atoms with E-state index in [9.17, 15) is 9.59 Å². The molecular weight excluding hydrogens is 430 g/mol. The van der Waals surface area contributed by atoms with E-state index >= 15 is 0 Å². The Bertz CT molecular complexity index is 1270. The van der Waals surface area contributed by atoms with Crippen LogP contribution in [0.1, 0.15) is 39.3 Å². The van der Waals surface area contributed by atoms with Crippen LogP contribution in [0.5, 0.6) is 11.5 Å². The van der Waals surface area contributed by atoms with Gasteiger partial charge in [-0.05, 0) is 30.7 Å². The van der Waals surface area contributed by atoms with E-state index in [1.165, 1.54) is 28.7 Å². The van der Waals surface area contributed by atoms with Crippen LogP contribution in [-0.2, 0) is 0 Å². The lowest BCUT2D eigenvalue weighted by atomic mass is 10.0. The first-order chi connectivity index (χ1) is 15.0. The number of carbonyl (C=O) groups excluding carboxylic acids is 2. The van der Waals surface area contributed by atoms with Gasteiger partial charge in [0.15, 0.2) is 23.1 Å². The highest BCUT2D eigenvalue weighted by Crippen LogP contribution is 2.37. The first kappa shape index (κ1) is 21.2. The Balaban J connectivity index is 1.46. The number of aryl methyl sites for hydroxylation is 1. The highest BCUT2D eigenvalue weighted by Gasteiger charge is 2.17. The first-order valence-electron chi connectivity index (χ1n) is 9.73. The van der Waals surface area contributed by atoms with E-state index in [2.05, 4.69) is 29.4 Å². The smallest absolute Gasteiger partial charge is 0.182 e. The summed E-state index contributed by atoms with van der Waals surface area (Å²) in [4.78, 5) is 29.8. The lowest BCUT2D eigenvalue weighted by Crippen LogP contribution is -2.06. The van der Waals surface area contributed by atoms with Gasteiger partial charge in [-0.1, -0.05) is 18.2 Å². The fourth-order valence-corrected chi connectivity index (χ4v) is 5.36. The number of rotatable bonds is 8. The molecule has 0 bridgehead atoms. The molecule has 2 aromatic heterocycles. The monoisotopic (exact) mass is 451 g/mol. The molecule has 0 aliphatic carbocycles. The number of nitrogens with zero attached hydrogens (tertiary/aromatic N) is 1. The van der Waals surface area contributed by atoms with Gasteiger partial charge in [0.2, 0.25) is 0 Å². The molecule has 158 valence electrons. The van der Waals surface area contributed by atoms with Crippen LogP contribution in [0.25, 0.3) is 20.7 Å². The second kappa shape index (κ2) is 8.99. The van der Waals surface area contributed by atoms with Gasteiger partial charge in [-0.3, -0.25) is 9.59 Å². The average molecular weight is 452 g/mol. The third kappa shape index (κ3) is 4.24. The van der Waals surface area contributed by atoms with Crippen LogP contribution < -0.4 is 9.47 Å². The molecule has 0 atom stereocenters. The second-order valence-corrected chi connectivity index (χ2v) is 8.79. The third-order valence-electron chi connectivity index (χ3n) is 5.10. The van der Waals surface area contributed by atoms with Crippen LogP contribution in [0.15, 0.2) is 47.2 Å². The highest BCUT2D eigenvalue weighted by atomic mass is 32.1. The van der Waals surface area contributed by atoms with Gasteiger partial charge in [0.1, 0.15) is 10.7 Å². The Morgan fingerprint density at radius 3 is 2.48 bits per heavy atom. The van der Waals surface area contributed by atoms with Crippen molar-refractivity contribution >= 4 is 44.3 Å². The number of Topliss-reactive ketones (excluding diaryl/α,β-unsaturated/α-hetero) is 2. The minimum atomic E-state index is -0.132. The van der Waals surface area contributed by atoms with Gasteiger partial charge < -0.3 is 9.47 Å². The first-order valence-corrected chi connectivity index (χ1v) is 11.5. The zero-order chi connectivity index (χ0) is 22.0. The Morgan fingerprint density at radius 1 is 0.935 bits per heavy atom. The molecule has 0 aliphatic heterocycles. The summed E-state index contributed by atoms with van der Waals surface area (Å²) in [5.41, 5.74) is 3.18. The lowest BCUT2D eigenvalue weighted by molar-refractivity contribution is 0.0915. The SMILES string of the molecule is COc1ccc(C(=O)CCC(=O)c2csc(-c3csc4c(C)cccc34)n2)cc1OC. The molecule has 31 heavy (non-hydrogen) atoms. The maximum Gasteiger partial charge on any atom is 0.182 e. The molecule has 0 radical (unpaired) electrons. The Hall–Kier alpha value is -3.03. The van der Waals surface area contributed by atoms with Crippen molar-refractivity contribution in [1.82, 2.24) is 4.98 Å². The third-order valence-corrected chi connectivity index (χ3v) is 7.11. The van der Waals surface area contributed by atoms with E-state index in [1.807, 2.05) is 6.07 Å². The topological polar surface area (TPSA) is 65.5 Å².